The molecule has 152 valence electrons. The number of halogens is 1. The lowest BCUT2D eigenvalue weighted by atomic mass is 9.95. The monoisotopic (exact) mass is 406 g/mol. The molecule has 0 radical (unpaired) electrons. The van der Waals surface area contributed by atoms with Crippen LogP contribution in [-0.4, -0.2) is 32.1 Å². The quantitative estimate of drug-likeness (QED) is 0.691. The van der Waals surface area contributed by atoms with E-state index in [2.05, 4.69) is 10.6 Å². The van der Waals surface area contributed by atoms with Gasteiger partial charge in [-0.1, -0.05) is 30.3 Å². The summed E-state index contributed by atoms with van der Waals surface area (Å²) in [6.45, 7) is 4.76. The Bertz CT molecular complexity index is 817. The van der Waals surface area contributed by atoms with Crippen LogP contribution in [-0.2, 0) is 11.3 Å². The molecule has 7 heteroatoms. The van der Waals surface area contributed by atoms with Gasteiger partial charge in [-0.15, -0.1) is 12.4 Å². The Balaban J connectivity index is 0.00000280. The molecule has 1 aliphatic heterocycles. The van der Waals surface area contributed by atoms with Crippen molar-refractivity contribution in [2.45, 2.75) is 32.3 Å². The molecule has 1 atom stereocenters. The number of hydrogen-bond acceptors (Lipinski definition) is 5. The molecular formula is C21H27ClN2O4. The Hall–Kier alpha value is -2.15. The zero-order valence-corrected chi connectivity index (χ0v) is 16.8. The van der Waals surface area contributed by atoms with E-state index in [9.17, 15) is 9.59 Å². The van der Waals surface area contributed by atoms with Crippen molar-refractivity contribution in [1.29, 1.82) is 0 Å². The first-order chi connectivity index (χ1) is 13.1. The lowest BCUT2D eigenvalue weighted by Crippen LogP contribution is -2.33. The Morgan fingerprint density at radius 2 is 2.11 bits per heavy atom. The first-order valence-electron chi connectivity index (χ1n) is 9.40. The predicted octanol–water partition coefficient (Wildman–Crippen LogP) is 2.78. The predicted molar refractivity (Wildman–Crippen MR) is 110 cm³/mol. The van der Waals surface area contributed by atoms with E-state index < -0.39 is 11.5 Å². The van der Waals surface area contributed by atoms with Gasteiger partial charge in [0, 0.05) is 19.0 Å². The number of benzene rings is 1. The largest absolute Gasteiger partial charge is 0.427 e. The molecule has 0 spiro atoms. The highest BCUT2D eigenvalue weighted by Crippen LogP contribution is 2.23. The molecule has 1 aromatic carbocycles. The average Bonchev–Trinajstić information content (AvgIpc) is 2.68. The van der Waals surface area contributed by atoms with Crippen molar-refractivity contribution >= 4 is 18.3 Å². The number of carbonyl (C=O) groups excluding carboxylic acids is 1. The molecule has 1 aromatic heterocycles. The summed E-state index contributed by atoms with van der Waals surface area (Å²) in [5, 5.41) is 6.04. The van der Waals surface area contributed by atoms with E-state index in [0.717, 1.165) is 31.5 Å². The second-order valence-electron chi connectivity index (χ2n) is 6.83. The standard InChI is InChI=1S/C21H26N2O4.ClH/c1-15-12-18(17-8-5-9-22-13-17)27-21(25)19(15)20(24)23-10-11-26-14-16-6-3-2-4-7-16;/h2-4,6-7,12,17,22H,5,8-11,13-14H2,1H3,(H,23,24);1H. The van der Waals surface area contributed by atoms with Gasteiger partial charge >= 0.3 is 5.63 Å². The Morgan fingerprint density at radius 3 is 2.79 bits per heavy atom. The normalized spacial score (nSPS) is 16.2. The lowest BCUT2D eigenvalue weighted by molar-refractivity contribution is 0.0896. The summed E-state index contributed by atoms with van der Waals surface area (Å²) < 4.78 is 11.0. The van der Waals surface area contributed by atoms with Crippen LogP contribution in [0.25, 0.3) is 0 Å². The van der Waals surface area contributed by atoms with Gasteiger partial charge in [0.15, 0.2) is 0 Å². The van der Waals surface area contributed by atoms with Crippen LogP contribution < -0.4 is 16.3 Å². The molecule has 6 nitrogen and oxygen atoms in total. The minimum absolute atomic E-state index is 0. The third-order valence-electron chi connectivity index (χ3n) is 4.74. The van der Waals surface area contributed by atoms with E-state index in [0.29, 0.717) is 31.1 Å². The zero-order valence-electron chi connectivity index (χ0n) is 16.0. The first-order valence-corrected chi connectivity index (χ1v) is 9.40. The summed E-state index contributed by atoms with van der Waals surface area (Å²) in [5.41, 5.74) is 1.23. The van der Waals surface area contributed by atoms with Crippen molar-refractivity contribution in [2.24, 2.45) is 0 Å². The number of aryl methyl sites for hydroxylation is 1. The molecule has 3 rings (SSSR count). The van der Waals surface area contributed by atoms with E-state index in [1.165, 1.54) is 0 Å². The van der Waals surface area contributed by atoms with Gasteiger partial charge in [-0.25, -0.2) is 4.79 Å². The maximum atomic E-state index is 12.4. The number of ether oxygens (including phenoxy) is 1. The minimum atomic E-state index is -0.571. The highest BCUT2D eigenvalue weighted by atomic mass is 35.5. The van der Waals surface area contributed by atoms with E-state index in [1.807, 2.05) is 36.4 Å². The van der Waals surface area contributed by atoms with Crippen LogP contribution in [0.4, 0.5) is 0 Å². The second kappa shape index (κ2) is 11.0. The van der Waals surface area contributed by atoms with Crippen LogP contribution in [0.5, 0.6) is 0 Å². The smallest absolute Gasteiger partial charge is 0.349 e. The molecule has 0 saturated carbocycles. The molecule has 2 aromatic rings. The molecule has 1 saturated heterocycles. The highest BCUT2D eigenvalue weighted by Gasteiger charge is 2.22. The molecule has 0 aliphatic carbocycles. The van der Waals surface area contributed by atoms with Crippen LogP contribution in [0.2, 0.25) is 0 Å². The summed E-state index contributed by atoms with van der Waals surface area (Å²) in [7, 11) is 0. The molecule has 2 heterocycles. The molecule has 28 heavy (non-hydrogen) atoms. The fourth-order valence-electron chi connectivity index (χ4n) is 3.29. The molecule has 2 N–H and O–H groups in total. The van der Waals surface area contributed by atoms with E-state index in [1.54, 1.807) is 6.92 Å². The van der Waals surface area contributed by atoms with Crippen LogP contribution in [0.15, 0.2) is 45.6 Å². The third-order valence-corrected chi connectivity index (χ3v) is 4.74. The molecule has 0 bridgehead atoms. The second-order valence-corrected chi connectivity index (χ2v) is 6.83. The van der Waals surface area contributed by atoms with Crippen LogP contribution in [0.1, 0.15) is 46.0 Å². The molecule has 1 aliphatic rings. The maximum Gasteiger partial charge on any atom is 0.349 e. The van der Waals surface area contributed by atoms with Gasteiger partial charge < -0.3 is 19.8 Å². The van der Waals surface area contributed by atoms with Crippen molar-refractivity contribution in [2.75, 3.05) is 26.2 Å². The number of nitrogens with one attached hydrogen (secondary N) is 2. The fourth-order valence-corrected chi connectivity index (χ4v) is 3.29. The average molecular weight is 407 g/mol. The number of piperidine rings is 1. The van der Waals surface area contributed by atoms with Crippen LogP contribution in [0.3, 0.4) is 0 Å². The lowest BCUT2D eigenvalue weighted by Gasteiger charge is -2.22. The highest BCUT2D eigenvalue weighted by molar-refractivity contribution is 5.95. The molecule has 1 amide bonds. The van der Waals surface area contributed by atoms with E-state index in [-0.39, 0.29) is 23.9 Å². The van der Waals surface area contributed by atoms with Gasteiger partial charge in [-0.05, 0) is 43.5 Å². The van der Waals surface area contributed by atoms with Crippen molar-refractivity contribution in [3.05, 3.63) is 69.3 Å². The van der Waals surface area contributed by atoms with Crippen molar-refractivity contribution in [1.82, 2.24) is 10.6 Å². The summed E-state index contributed by atoms with van der Waals surface area (Å²) >= 11 is 0. The summed E-state index contributed by atoms with van der Waals surface area (Å²) in [6.07, 6.45) is 2.04. The van der Waals surface area contributed by atoms with E-state index in [4.69, 9.17) is 9.15 Å². The molecule has 1 fully saturated rings. The van der Waals surface area contributed by atoms with Gasteiger partial charge in [0.25, 0.3) is 5.91 Å². The van der Waals surface area contributed by atoms with Gasteiger partial charge in [0.1, 0.15) is 11.3 Å². The van der Waals surface area contributed by atoms with Gasteiger partial charge in [0.2, 0.25) is 0 Å². The van der Waals surface area contributed by atoms with Crippen LogP contribution >= 0.6 is 12.4 Å². The topological polar surface area (TPSA) is 80.6 Å². The fraction of sp³-hybridized carbons (Fsp3) is 0.429. The number of carbonyl (C=O) groups is 1. The Morgan fingerprint density at radius 1 is 1.32 bits per heavy atom. The summed E-state index contributed by atoms with van der Waals surface area (Å²) in [6, 6.07) is 11.6. The van der Waals surface area contributed by atoms with Crippen molar-refractivity contribution < 1.29 is 13.9 Å². The number of rotatable bonds is 7. The number of hydrogen-bond donors (Lipinski definition) is 2. The SMILES string of the molecule is Cc1cc(C2CCCNC2)oc(=O)c1C(=O)NCCOCc1ccccc1.Cl. The van der Waals surface area contributed by atoms with Gasteiger partial charge in [-0.3, -0.25) is 4.79 Å². The summed E-state index contributed by atoms with van der Waals surface area (Å²) in [4.78, 5) is 24.7. The third kappa shape index (κ3) is 5.92. The Kier molecular flexibility index (Phi) is 8.70. The zero-order chi connectivity index (χ0) is 19.1. The molecule has 1 unspecified atom stereocenters. The van der Waals surface area contributed by atoms with Gasteiger partial charge in [-0.2, -0.15) is 0 Å². The van der Waals surface area contributed by atoms with E-state index >= 15 is 0 Å². The van der Waals surface area contributed by atoms with Gasteiger partial charge in [0.05, 0.1) is 13.2 Å². The molecular weight excluding hydrogens is 380 g/mol. The first kappa shape index (κ1) is 22.1. The Labute approximate surface area is 171 Å². The van der Waals surface area contributed by atoms with Crippen molar-refractivity contribution in [3.8, 4) is 0 Å². The summed E-state index contributed by atoms with van der Waals surface area (Å²) in [5.74, 6) is 0.430. The van der Waals surface area contributed by atoms with Crippen LogP contribution in [0, 0.1) is 6.92 Å². The van der Waals surface area contributed by atoms with Crippen molar-refractivity contribution in [3.63, 3.8) is 0 Å². The maximum absolute atomic E-state index is 12.4. The minimum Gasteiger partial charge on any atom is -0.427 e. The number of amides is 1.